The number of alkyl halides is 1. The summed E-state index contributed by atoms with van der Waals surface area (Å²) in [5.74, 6) is 0.356. The molecule has 2 atom stereocenters. The highest BCUT2D eigenvalue weighted by Crippen LogP contribution is 2.25. The van der Waals surface area contributed by atoms with Crippen LogP contribution in [-0.4, -0.2) is 39.4 Å². The van der Waals surface area contributed by atoms with Crippen molar-refractivity contribution in [2.24, 2.45) is 5.92 Å². The van der Waals surface area contributed by atoms with Gasteiger partial charge in [0.25, 0.3) is 0 Å². The number of likely N-dealkylation sites (tertiary alicyclic amines) is 1. The van der Waals surface area contributed by atoms with E-state index in [4.69, 9.17) is 0 Å². The average molecular weight is 264 g/mol. The van der Waals surface area contributed by atoms with Crippen LogP contribution in [0.4, 0.5) is 0 Å². The molecule has 1 N–H and O–H groups in total. The Hall–Kier alpha value is -0.0900. The van der Waals surface area contributed by atoms with E-state index in [2.05, 4.69) is 15.9 Å². The Bertz CT molecular complexity index is 223. The fourth-order valence-corrected chi connectivity index (χ4v) is 1.99. The van der Waals surface area contributed by atoms with Crippen LogP contribution in [-0.2, 0) is 4.79 Å². The number of aliphatic hydroxyl groups is 1. The molecule has 2 unspecified atom stereocenters. The van der Waals surface area contributed by atoms with Crippen molar-refractivity contribution in [1.82, 2.24) is 4.90 Å². The predicted molar refractivity (Wildman–Crippen MR) is 59.4 cm³/mol. The summed E-state index contributed by atoms with van der Waals surface area (Å²) in [4.78, 5) is 13.7. The van der Waals surface area contributed by atoms with Crippen LogP contribution in [0.25, 0.3) is 0 Å². The van der Waals surface area contributed by atoms with E-state index in [0.29, 0.717) is 6.54 Å². The van der Waals surface area contributed by atoms with E-state index in [-0.39, 0.29) is 17.9 Å². The Morgan fingerprint density at radius 1 is 1.64 bits per heavy atom. The molecule has 1 amide bonds. The molecule has 1 fully saturated rings. The molecule has 82 valence electrons. The first-order valence-electron chi connectivity index (χ1n) is 4.98. The first-order chi connectivity index (χ1) is 6.32. The van der Waals surface area contributed by atoms with Crippen LogP contribution in [0.2, 0.25) is 0 Å². The molecule has 1 aliphatic heterocycles. The fraction of sp³-hybridized carbons (Fsp3) is 0.900. The van der Waals surface area contributed by atoms with Gasteiger partial charge in [0.1, 0.15) is 0 Å². The van der Waals surface area contributed by atoms with Gasteiger partial charge in [-0.05, 0) is 27.2 Å². The molecule has 4 heteroatoms. The Kier molecular flexibility index (Phi) is 3.58. The van der Waals surface area contributed by atoms with E-state index in [1.165, 1.54) is 0 Å². The second-order valence-corrected chi connectivity index (χ2v) is 6.50. The van der Waals surface area contributed by atoms with Crippen LogP contribution < -0.4 is 0 Å². The molecule has 14 heavy (non-hydrogen) atoms. The molecule has 3 nitrogen and oxygen atoms in total. The Labute approximate surface area is 93.6 Å². The number of hydrogen-bond acceptors (Lipinski definition) is 2. The summed E-state index contributed by atoms with van der Waals surface area (Å²) < 4.78 is -0.486. The summed E-state index contributed by atoms with van der Waals surface area (Å²) in [6.07, 6.45) is 0.596. The van der Waals surface area contributed by atoms with Gasteiger partial charge in [-0.3, -0.25) is 4.79 Å². The first kappa shape index (κ1) is 12.0. The predicted octanol–water partition coefficient (Wildman–Crippen LogP) is 1.39. The quantitative estimate of drug-likeness (QED) is 0.766. The molecule has 0 aliphatic carbocycles. The van der Waals surface area contributed by atoms with Crippen molar-refractivity contribution < 1.29 is 9.90 Å². The average Bonchev–Trinajstić information content (AvgIpc) is 2.48. The van der Waals surface area contributed by atoms with Crippen LogP contribution in [0.1, 0.15) is 27.2 Å². The molecule has 0 aromatic carbocycles. The molecule has 1 saturated heterocycles. The Morgan fingerprint density at radius 3 is 2.57 bits per heavy atom. The highest BCUT2D eigenvalue weighted by Gasteiger charge is 2.35. The van der Waals surface area contributed by atoms with Gasteiger partial charge in [-0.2, -0.15) is 0 Å². The second-order valence-electron chi connectivity index (χ2n) is 4.51. The summed E-state index contributed by atoms with van der Waals surface area (Å²) in [5, 5.41) is 9.40. The molecule has 0 saturated carbocycles. The van der Waals surface area contributed by atoms with Gasteiger partial charge in [-0.25, -0.2) is 0 Å². The minimum absolute atomic E-state index is 0.112. The molecular weight excluding hydrogens is 246 g/mol. The van der Waals surface area contributed by atoms with Crippen LogP contribution in [0.5, 0.6) is 0 Å². The number of rotatable bonds is 2. The number of halogens is 1. The largest absolute Gasteiger partial charge is 0.393 e. The van der Waals surface area contributed by atoms with Crippen LogP contribution in [0.3, 0.4) is 0 Å². The lowest BCUT2D eigenvalue weighted by Crippen LogP contribution is -2.40. The summed E-state index contributed by atoms with van der Waals surface area (Å²) >= 11 is 3.36. The summed E-state index contributed by atoms with van der Waals surface area (Å²) in [6.45, 7) is 6.95. The summed E-state index contributed by atoms with van der Waals surface area (Å²) in [6, 6.07) is 0. The van der Waals surface area contributed by atoms with E-state index >= 15 is 0 Å². The molecule has 1 aliphatic rings. The number of carbonyl (C=O) groups is 1. The SMILES string of the molecule is CC(O)C1CCN(C(=O)C(C)(C)Br)C1. The lowest BCUT2D eigenvalue weighted by Gasteiger charge is -2.24. The third kappa shape index (κ3) is 2.70. The maximum atomic E-state index is 11.8. The third-order valence-corrected chi connectivity index (χ3v) is 3.04. The molecule has 0 aromatic rings. The van der Waals surface area contributed by atoms with Crippen molar-refractivity contribution in [1.29, 1.82) is 0 Å². The maximum absolute atomic E-state index is 11.8. The molecular formula is C10H18BrNO2. The van der Waals surface area contributed by atoms with Crippen molar-refractivity contribution in [2.75, 3.05) is 13.1 Å². The van der Waals surface area contributed by atoms with Crippen molar-refractivity contribution in [2.45, 2.75) is 37.6 Å². The number of aliphatic hydroxyl groups excluding tert-OH is 1. The first-order valence-corrected chi connectivity index (χ1v) is 5.78. The Morgan fingerprint density at radius 2 is 2.21 bits per heavy atom. The van der Waals surface area contributed by atoms with Gasteiger partial charge in [0.05, 0.1) is 10.4 Å². The van der Waals surface area contributed by atoms with Gasteiger partial charge in [0.15, 0.2) is 0 Å². The molecule has 0 aromatic heterocycles. The smallest absolute Gasteiger partial charge is 0.238 e. The van der Waals surface area contributed by atoms with E-state index in [9.17, 15) is 9.90 Å². The van der Waals surface area contributed by atoms with E-state index < -0.39 is 4.32 Å². The zero-order valence-electron chi connectivity index (χ0n) is 8.96. The van der Waals surface area contributed by atoms with Gasteiger partial charge in [-0.1, -0.05) is 15.9 Å². The lowest BCUT2D eigenvalue weighted by atomic mass is 10.0. The van der Waals surface area contributed by atoms with Gasteiger partial charge >= 0.3 is 0 Å². The second kappa shape index (κ2) is 4.19. The zero-order valence-corrected chi connectivity index (χ0v) is 10.5. The normalized spacial score (nSPS) is 25.2. The van der Waals surface area contributed by atoms with E-state index in [0.717, 1.165) is 13.0 Å². The van der Waals surface area contributed by atoms with Crippen molar-refractivity contribution in [3.05, 3.63) is 0 Å². The zero-order chi connectivity index (χ0) is 10.9. The molecule has 0 radical (unpaired) electrons. The number of nitrogens with zero attached hydrogens (tertiary/aromatic N) is 1. The molecule has 1 heterocycles. The topological polar surface area (TPSA) is 40.5 Å². The van der Waals surface area contributed by atoms with Gasteiger partial charge in [0.2, 0.25) is 5.91 Å². The van der Waals surface area contributed by atoms with Crippen LogP contribution in [0.15, 0.2) is 0 Å². The fourth-order valence-electron chi connectivity index (χ4n) is 1.74. The summed E-state index contributed by atoms with van der Waals surface area (Å²) in [7, 11) is 0. The third-order valence-electron chi connectivity index (χ3n) is 2.70. The van der Waals surface area contributed by atoms with E-state index in [1.54, 1.807) is 6.92 Å². The molecule has 0 spiro atoms. The van der Waals surface area contributed by atoms with Crippen LogP contribution in [0, 0.1) is 5.92 Å². The maximum Gasteiger partial charge on any atom is 0.238 e. The van der Waals surface area contributed by atoms with Gasteiger partial charge in [0, 0.05) is 19.0 Å². The lowest BCUT2D eigenvalue weighted by molar-refractivity contribution is -0.131. The van der Waals surface area contributed by atoms with Crippen LogP contribution >= 0.6 is 15.9 Å². The highest BCUT2D eigenvalue weighted by molar-refractivity contribution is 9.10. The minimum Gasteiger partial charge on any atom is -0.393 e. The van der Waals surface area contributed by atoms with Crippen molar-refractivity contribution in [3.63, 3.8) is 0 Å². The Balaban J connectivity index is 2.54. The summed E-state index contributed by atoms with van der Waals surface area (Å²) in [5.41, 5.74) is 0. The molecule has 0 bridgehead atoms. The minimum atomic E-state index is -0.486. The van der Waals surface area contributed by atoms with Gasteiger partial charge < -0.3 is 10.0 Å². The van der Waals surface area contributed by atoms with E-state index in [1.807, 2.05) is 18.7 Å². The van der Waals surface area contributed by atoms with Crippen molar-refractivity contribution in [3.8, 4) is 0 Å². The monoisotopic (exact) mass is 263 g/mol. The number of carbonyl (C=O) groups excluding carboxylic acids is 1. The highest BCUT2D eigenvalue weighted by atomic mass is 79.9. The standard InChI is InChI=1S/C10H18BrNO2/c1-7(13)8-4-5-12(6-8)9(14)10(2,3)11/h7-8,13H,4-6H2,1-3H3. The molecule has 1 rings (SSSR count). The van der Waals surface area contributed by atoms with Crippen molar-refractivity contribution >= 4 is 21.8 Å². The number of hydrogen-bond donors (Lipinski definition) is 1. The van der Waals surface area contributed by atoms with Gasteiger partial charge in [-0.15, -0.1) is 0 Å². The number of amides is 1.